The largest absolute Gasteiger partial charge is 0.352 e. The molecule has 0 saturated carbocycles. The number of aromatic nitrogens is 2. The maximum Gasteiger partial charge on any atom is 0.330 e. The molecule has 0 bridgehead atoms. The van der Waals surface area contributed by atoms with Crippen LogP contribution in [0.5, 0.6) is 0 Å². The van der Waals surface area contributed by atoms with E-state index in [1.807, 2.05) is 25.8 Å². The predicted octanol–water partition coefficient (Wildman–Crippen LogP) is 0.338. The second kappa shape index (κ2) is 5.45. The molecule has 0 spiro atoms. The second-order valence-electron chi connectivity index (χ2n) is 4.91. The lowest BCUT2D eigenvalue weighted by Crippen LogP contribution is -2.38. The number of halogens is 1. The number of aromatic amines is 1. The molecule has 0 fully saturated rings. The number of H-pyrrole nitrogens is 1. The van der Waals surface area contributed by atoms with Gasteiger partial charge in [-0.25, -0.2) is 4.79 Å². The van der Waals surface area contributed by atoms with E-state index in [4.69, 9.17) is 10.5 Å². The number of nitrogens with one attached hydrogen (secondary N) is 1. The quantitative estimate of drug-likeness (QED) is 0.815. The molecule has 3 N–H and O–H groups in total. The number of hydrogen-bond donors (Lipinski definition) is 2. The van der Waals surface area contributed by atoms with E-state index >= 15 is 0 Å². The number of ether oxygens (including phenoxy) is 1. The molecule has 0 radical (unpaired) electrons. The molecule has 18 heavy (non-hydrogen) atoms. The lowest BCUT2D eigenvalue weighted by atomic mass is 10.2. The second-order valence-corrected chi connectivity index (χ2v) is 4.91. The summed E-state index contributed by atoms with van der Waals surface area (Å²) in [7, 11) is 0. The molecule has 1 unspecified atom stereocenters. The average Bonchev–Trinajstić information content (AvgIpc) is 2.21. The normalized spacial score (nSPS) is 13.6. The first-order valence-corrected chi connectivity index (χ1v) is 5.63. The van der Waals surface area contributed by atoms with Crippen molar-refractivity contribution in [2.24, 2.45) is 5.73 Å². The highest BCUT2D eigenvalue weighted by Crippen LogP contribution is 2.19. The summed E-state index contributed by atoms with van der Waals surface area (Å²) >= 11 is 0. The van der Waals surface area contributed by atoms with Gasteiger partial charge in [-0.05, 0) is 27.3 Å². The monoisotopic (exact) mass is 259 g/mol. The minimum absolute atomic E-state index is 0.272. The molecule has 0 aliphatic heterocycles. The summed E-state index contributed by atoms with van der Waals surface area (Å²) in [5.74, 6) is -1.03. The maximum atomic E-state index is 13.2. The van der Waals surface area contributed by atoms with Crippen LogP contribution in [-0.4, -0.2) is 21.7 Å². The summed E-state index contributed by atoms with van der Waals surface area (Å²) in [6.45, 7) is 5.70. The molecule has 0 aromatic carbocycles. The van der Waals surface area contributed by atoms with Crippen LogP contribution in [-0.2, 0) is 4.74 Å². The van der Waals surface area contributed by atoms with Gasteiger partial charge in [0.2, 0.25) is 5.82 Å². The van der Waals surface area contributed by atoms with E-state index in [1.54, 1.807) is 0 Å². The number of hydrogen-bond acceptors (Lipinski definition) is 4. The van der Waals surface area contributed by atoms with Crippen LogP contribution < -0.4 is 17.0 Å². The fourth-order valence-electron chi connectivity index (χ4n) is 1.48. The molecule has 0 aliphatic rings. The summed E-state index contributed by atoms with van der Waals surface area (Å²) in [6, 6.07) is 0. The molecule has 0 aliphatic carbocycles. The van der Waals surface area contributed by atoms with Crippen molar-refractivity contribution in [1.29, 1.82) is 0 Å². The molecule has 1 atom stereocenters. The van der Waals surface area contributed by atoms with Gasteiger partial charge in [0.25, 0.3) is 5.56 Å². The predicted molar refractivity (Wildman–Crippen MR) is 64.8 cm³/mol. The van der Waals surface area contributed by atoms with Gasteiger partial charge >= 0.3 is 5.69 Å². The van der Waals surface area contributed by atoms with Gasteiger partial charge in [-0.1, -0.05) is 0 Å². The lowest BCUT2D eigenvalue weighted by molar-refractivity contribution is -0.101. The van der Waals surface area contributed by atoms with Gasteiger partial charge in [-0.15, -0.1) is 0 Å². The van der Waals surface area contributed by atoms with Crippen molar-refractivity contribution in [2.45, 2.75) is 39.0 Å². The van der Waals surface area contributed by atoms with Crippen LogP contribution in [0.1, 0.15) is 33.4 Å². The average molecular weight is 259 g/mol. The summed E-state index contributed by atoms with van der Waals surface area (Å²) < 4.78 is 19.8. The van der Waals surface area contributed by atoms with Gasteiger partial charge < -0.3 is 10.5 Å². The van der Waals surface area contributed by atoms with Crippen LogP contribution in [0.4, 0.5) is 4.39 Å². The Morgan fingerprint density at radius 3 is 2.61 bits per heavy atom. The highest BCUT2D eigenvalue weighted by molar-refractivity contribution is 4.88. The van der Waals surface area contributed by atoms with Crippen molar-refractivity contribution >= 4 is 0 Å². The van der Waals surface area contributed by atoms with Gasteiger partial charge in [0.15, 0.2) is 0 Å². The molecule has 0 saturated heterocycles. The van der Waals surface area contributed by atoms with Crippen LogP contribution in [0.15, 0.2) is 15.8 Å². The van der Waals surface area contributed by atoms with Crippen LogP contribution in [0, 0.1) is 5.82 Å². The van der Waals surface area contributed by atoms with Crippen molar-refractivity contribution in [3.63, 3.8) is 0 Å². The Hall–Kier alpha value is -1.47. The van der Waals surface area contributed by atoms with E-state index in [9.17, 15) is 14.0 Å². The highest BCUT2D eigenvalue weighted by atomic mass is 19.1. The standard InChI is InChI=1S/C11H18FN3O3/c1-11(2,3)18-8(4-5-13)15-6-7(12)9(16)14-10(15)17/h6,8H,4-5,13H2,1-3H3,(H,14,16,17). The van der Waals surface area contributed by atoms with Gasteiger partial charge in [0, 0.05) is 6.42 Å². The van der Waals surface area contributed by atoms with E-state index in [0.29, 0.717) is 6.42 Å². The molecular formula is C11H18FN3O3. The van der Waals surface area contributed by atoms with Crippen molar-refractivity contribution in [1.82, 2.24) is 9.55 Å². The minimum atomic E-state index is -1.04. The highest BCUT2D eigenvalue weighted by Gasteiger charge is 2.21. The Morgan fingerprint density at radius 1 is 1.50 bits per heavy atom. The Balaban J connectivity index is 3.17. The zero-order valence-electron chi connectivity index (χ0n) is 10.7. The SMILES string of the molecule is CC(C)(C)OC(CCN)n1cc(F)c(=O)[nH]c1=O. The summed E-state index contributed by atoms with van der Waals surface area (Å²) in [5, 5.41) is 0. The number of nitrogens with two attached hydrogens (primary N) is 1. The lowest BCUT2D eigenvalue weighted by Gasteiger charge is -2.28. The van der Waals surface area contributed by atoms with E-state index < -0.39 is 28.9 Å². The summed E-state index contributed by atoms with van der Waals surface area (Å²) in [5.41, 5.74) is 3.16. The first-order valence-electron chi connectivity index (χ1n) is 5.63. The Kier molecular flexibility index (Phi) is 4.42. The topological polar surface area (TPSA) is 90.1 Å². The van der Waals surface area contributed by atoms with Gasteiger partial charge in [0.05, 0.1) is 11.8 Å². The molecule has 7 heteroatoms. The zero-order valence-corrected chi connectivity index (χ0v) is 10.7. The number of nitrogens with zero attached hydrogens (tertiary/aromatic N) is 1. The Morgan fingerprint density at radius 2 is 2.11 bits per heavy atom. The van der Waals surface area contributed by atoms with Gasteiger partial charge in [0.1, 0.15) is 6.23 Å². The smallest absolute Gasteiger partial charge is 0.330 e. The summed E-state index contributed by atoms with van der Waals surface area (Å²) in [4.78, 5) is 24.5. The molecule has 102 valence electrons. The molecule has 6 nitrogen and oxygen atoms in total. The fourth-order valence-corrected chi connectivity index (χ4v) is 1.48. The van der Waals surface area contributed by atoms with E-state index in [1.165, 1.54) is 0 Å². The van der Waals surface area contributed by atoms with Crippen molar-refractivity contribution in [3.05, 3.63) is 32.9 Å². The fraction of sp³-hybridized carbons (Fsp3) is 0.636. The molecule has 1 aromatic heterocycles. The van der Waals surface area contributed by atoms with Crippen LogP contribution >= 0.6 is 0 Å². The van der Waals surface area contributed by atoms with Gasteiger partial charge in [-0.3, -0.25) is 14.3 Å². The van der Waals surface area contributed by atoms with Crippen molar-refractivity contribution in [3.8, 4) is 0 Å². The van der Waals surface area contributed by atoms with Gasteiger partial charge in [-0.2, -0.15) is 4.39 Å². The number of rotatable bonds is 4. The van der Waals surface area contributed by atoms with E-state index in [-0.39, 0.29) is 6.54 Å². The van der Waals surface area contributed by atoms with E-state index in [0.717, 1.165) is 10.8 Å². The van der Waals surface area contributed by atoms with Crippen molar-refractivity contribution < 1.29 is 9.13 Å². The minimum Gasteiger partial charge on any atom is -0.352 e. The summed E-state index contributed by atoms with van der Waals surface area (Å²) in [6.07, 6.45) is 0.462. The van der Waals surface area contributed by atoms with Crippen molar-refractivity contribution in [2.75, 3.05) is 6.54 Å². The van der Waals surface area contributed by atoms with Crippen LogP contribution in [0.3, 0.4) is 0 Å². The maximum absolute atomic E-state index is 13.2. The molecular weight excluding hydrogens is 241 g/mol. The molecule has 1 aromatic rings. The first kappa shape index (κ1) is 14.6. The third-order valence-electron chi connectivity index (χ3n) is 2.14. The molecule has 0 amide bonds. The van der Waals surface area contributed by atoms with E-state index in [2.05, 4.69) is 0 Å². The molecule has 1 rings (SSSR count). The Labute approximate surface area is 104 Å². The van der Waals surface area contributed by atoms with Crippen LogP contribution in [0.25, 0.3) is 0 Å². The molecule has 1 heterocycles. The van der Waals surface area contributed by atoms with Crippen LogP contribution in [0.2, 0.25) is 0 Å². The zero-order chi connectivity index (χ0) is 13.9. The third-order valence-corrected chi connectivity index (χ3v) is 2.14. The Bertz CT molecular complexity index is 515. The third kappa shape index (κ3) is 3.78. The first-order chi connectivity index (χ1) is 8.24.